The molecule has 1 saturated carbocycles. The summed E-state index contributed by atoms with van der Waals surface area (Å²) in [6, 6.07) is 26.0. The summed E-state index contributed by atoms with van der Waals surface area (Å²) in [5, 5.41) is 3.31. The number of aryl methyl sites for hydroxylation is 1. The Morgan fingerprint density at radius 1 is 0.921 bits per heavy atom. The predicted molar refractivity (Wildman–Crippen MR) is 161 cm³/mol. The zero-order chi connectivity index (χ0) is 26.7. The van der Waals surface area contributed by atoms with Crippen LogP contribution in [0.3, 0.4) is 0 Å². The maximum atomic E-state index is 13.8. The Morgan fingerprint density at radius 3 is 2.37 bits per heavy atom. The number of nitrogens with one attached hydrogen (secondary N) is 1. The highest BCUT2D eigenvalue weighted by atomic mass is 79.9. The lowest BCUT2D eigenvalue weighted by Crippen LogP contribution is -2.53. The highest BCUT2D eigenvalue weighted by Gasteiger charge is 2.31. The lowest BCUT2D eigenvalue weighted by molar-refractivity contribution is -0.139. The van der Waals surface area contributed by atoms with Crippen LogP contribution in [0.2, 0.25) is 0 Å². The minimum atomic E-state index is -0.578. The Labute approximate surface area is 239 Å². The first-order chi connectivity index (χ1) is 18.5. The number of rotatable bonds is 11. The van der Waals surface area contributed by atoms with Crippen LogP contribution in [0.15, 0.2) is 83.3 Å². The summed E-state index contributed by atoms with van der Waals surface area (Å²) in [6.07, 6.45) is 6.02. The van der Waals surface area contributed by atoms with Crippen molar-refractivity contribution in [2.45, 2.75) is 69.8 Å². The molecule has 1 aliphatic rings. The third kappa shape index (κ3) is 8.74. The van der Waals surface area contributed by atoms with E-state index in [0.29, 0.717) is 18.7 Å². The molecule has 1 fully saturated rings. The van der Waals surface area contributed by atoms with Crippen molar-refractivity contribution >= 4 is 39.5 Å². The summed E-state index contributed by atoms with van der Waals surface area (Å²) in [7, 11) is 0. The molecule has 4 nitrogen and oxygen atoms in total. The number of carbonyl (C=O) groups excluding carboxylic acids is 2. The van der Waals surface area contributed by atoms with E-state index < -0.39 is 6.04 Å². The molecule has 3 aromatic carbocycles. The van der Waals surface area contributed by atoms with Crippen molar-refractivity contribution < 1.29 is 9.59 Å². The van der Waals surface area contributed by atoms with Gasteiger partial charge >= 0.3 is 0 Å². The first kappa shape index (κ1) is 28.4. The highest BCUT2D eigenvalue weighted by Crippen LogP contribution is 2.22. The summed E-state index contributed by atoms with van der Waals surface area (Å²) in [4.78, 5) is 29.5. The average molecular weight is 594 g/mol. The van der Waals surface area contributed by atoms with Crippen molar-refractivity contribution in [1.82, 2.24) is 10.2 Å². The van der Waals surface area contributed by atoms with Crippen molar-refractivity contribution in [3.05, 3.63) is 106 Å². The quantitative estimate of drug-likeness (QED) is 0.259. The highest BCUT2D eigenvalue weighted by molar-refractivity contribution is 9.10. The second kappa shape index (κ2) is 14.5. The number of hydrogen-bond acceptors (Lipinski definition) is 3. The van der Waals surface area contributed by atoms with E-state index in [9.17, 15) is 9.59 Å². The van der Waals surface area contributed by atoms with Crippen molar-refractivity contribution in [3.8, 4) is 0 Å². The lowest BCUT2D eigenvalue weighted by Gasteiger charge is -2.33. The smallest absolute Gasteiger partial charge is 0.243 e. The molecule has 1 unspecified atom stereocenters. The van der Waals surface area contributed by atoms with Gasteiger partial charge < -0.3 is 10.2 Å². The fourth-order valence-electron chi connectivity index (χ4n) is 5.07. The van der Waals surface area contributed by atoms with Crippen molar-refractivity contribution in [3.63, 3.8) is 0 Å². The Morgan fingerprint density at radius 2 is 1.63 bits per heavy atom. The minimum absolute atomic E-state index is 0.0117. The van der Waals surface area contributed by atoms with E-state index in [2.05, 4.69) is 52.4 Å². The largest absolute Gasteiger partial charge is 0.352 e. The van der Waals surface area contributed by atoms with Crippen LogP contribution in [-0.2, 0) is 28.3 Å². The number of hydrogen-bond donors (Lipinski definition) is 1. The molecule has 4 rings (SSSR count). The third-order valence-corrected chi connectivity index (χ3v) is 8.52. The van der Waals surface area contributed by atoms with Gasteiger partial charge in [-0.25, -0.2) is 0 Å². The summed E-state index contributed by atoms with van der Waals surface area (Å²) in [5.74, 6) is 1.02. The van der Waals surface area contributed by atoms with Crippen molar-refractivity contribution in [1.29, 1.82) is 0 Å². The summed E-state index contributed by atoms with van der Waals surface area (Å²) in [6.45, 7) is 2.47. The van der Waals surface area contributed by atoms with Gasteiger partial charge in [0.15, 0.2) is 0 Å². The maximum absolute atomic E-state index is 13.8. The molecule has 0 heterocycles. The number of nitrogens with zero attached hydrogens (tertiary/aromatic N) is 1. The van der Waals surface area contributed by atoms with E-state index in [0.717, 1.165) is 47.0 Å². The molecule has 3 aromatic rings. The fraction of sp³-hybridized carbons (Fsp3) is 0.375. The molecule has 0 radical (unpaired) electrons. The minimum Gasteiger partial charge on any atom is -0.352 e. The van der Waals surface area contributed by atoms with Crippen LogP contribution in [-0.4, -0.2) is 34.6 Å². The number of carbonyl (C=O) groups is 2. The predicted octanol–water partition coefficient (Wildman–Crippen LogP) is 7.08. The normalized spacial score (nSPS) is 14.6. The molecule has 0 spiro atoms. The molecule has 0 saturated heterocycles. The summed E-state index contributed by atoms with van der Waals surface area (Å²) >= 11 is 5.17. The molecule has 0 bridgehead atoms. The van der Waals surface area contributed by atoms with Crippen LogP contribution in [0, 0.1) is 6.92 Å². The van der Waals surface area contributed by atoms with Crippen molar-refractivity contribution in [2.75, 3.05) is 5.75 Å². The molecule has 1 atom stereocenters. The fourth-order valence-corrected chi connectivity index (χ4v) is 6.38. The lowest BCUT2D eigenvalue weighted by atomic mass is 9.94. The molecule has 38 heavy (non-hydrogen) atoms. The molecule has 1 N–H and O–H groups in total. The van der Waals surface area contributed by atoms with Crippen LogP contribution in [0.4, 0.5) is 0 Å². The van der Waals surface area contributed by atoms with Crippen LogP contribution in [0.5, 0.6) is 0 Å². The first-order valence-corrected chi connectivity index (χ1v) is 15.4. The monoisotopic (exact) mass is 592 g/mol. The van der Waals surface area contributed by atoms with Gasteiger partial charge in [-0.05, 0) is 48.6 Å². The molecule has 0 aromatic heterocycles. The summed E-state index contributed by atoms with van der Waals surface area (Å²) in [5.41, 5.74) is 4.47. The van der Waals surface area contributed by atoms with Crippen LogP contribution < -0.4 is 5.32 Å². The molecule has 0 aliphatic heterocycles. The Balaban J connectivity index is 1.56. The van der Waals surface area contributed by atoms with Crippen LogP contribution in [0.25, 0.3) is 0 Å². The number of halogens is 1. The van der Waals surface area contributed by atoms with E-state index >= 15 is 0 Å². The van der Waals surface area contributed by atoms with E-state index in [-0.39, 0.29) is 17.9 Å². The van der Waals surface area contributed by atoms with Gasteiger partial charge in [0.2, 0.25) is 11.8 Å². The standard InChI is InChI=1S/C32H37BrN2O2S/c1-24-10-8-14-27(18-24)22-38-23-31(36)35(21-26-13-9-15-28(33)19-26)30(20-25-11-4-2-5-12-25)32(37)34-29-16-6-3-7-17-29/h2,4-5,8-15,18-19,29-30H,3,6-7,16-17,20-23H2,1H3,(H,34,37). The van der Waals surface area contributed by atoms with E-state index in [4.69, 9.17) is 0 Å². The second-order valence-electron chi connectivity index (χ2n) is 10.2. The van der Waals surface area contributed by atoms with Crippen LogP contribution >= 0.6 is 27.7 Å². The number of amides is 2. The zero-order valence-electron chi connectivity index (χ0n) is 22.1. The maximum Gasteiger partial charge on any atom is 0.243 e. The van der Waals surface area contributed by atoms with Gasteiger partial charge in [0.25, 0.3) is 0 Å². The first-order valence-electron chi connectivity index (χ1n) is 13.5. The van der Waals surface area contributed by atoms with Gasteiger partial charge in [-0.1, -0.05) is 107 Å². The van der Waals surface area contributed by atoms with E-state index in [1.807, 2.05) is 54.6 Å². The molecular formula is C32H37BrN2O2S. The van der Waals surface area contributed by atoms with Gasteiger partial charge in [0.1, 0.15) is 6.04 Å². The number of benzene rings is 3. The van der Waals surface area contributed by atoms with Gasteiger partial charge in [-0.15, -0.1) is 11.8 Å². The SMILES string of the molecule is Cc1cccc(CSCC(=O)N(Cc2cccc(Br)c2)C(Cc2ccccc2)C(=O)NC2CCCCC2)c1. The third-order valence-electron chi connectivity index (χ3n) is 7.04. The Bertz CT molecular complexity index is 1200. The van der Waals surface area contributed by atoms with Gasteiger partial charge in [0.05, 0.1) is 5.75 Å². The van der Waals surface area contributed by atoms with Gasteiger partial charge in [-0.2, -0.15) is 0 Å². The molecular weight excluding hydrogens is 556 g/mol. The van der Waals surface area contributed by atoms with Crippen molar-refractivity contribution in [2.24, 2.45) is 0 Å². The zero-order valence-corrected chi connectivity index (χ0v) is 24.5. The Kier molecular flexibility index (Phi) is 10.9. The summed E-state index contributed by atoms with van der Waals surface area (Å²) < 4.78 is 0.961. The van der Waals surface area contributed by atoms with Crippen LogP contribution in [0.1, 0.15) is 54.4 Å². The Hall–Kier alpha value is -2.57. The number of thioether (sulfide) groups is 1. The van der Waals surface area contributed by atoms with E-state index in [1.165, 1.54) is 17.5 Å². The molecule has 200 valence electrons. The van der Waals surface area contributed by atoms with Gasteiger partial charge in [-0.3, -0.25) is 9.59 Å². The molecule has 2 amide bonds. The van der Waals surface area contributed by atoms with Gasteiger partial charge in [0, 0.05) is 29.2 Å². The average Bonchev–Trinajstić information content (AvgIpc) is 2.92. The second-order valence-corrected chi connectivity index (χ2v) is 12.1. The topological polar surface area (TPSA) is 49.4 Å². The van der Waals surface area contributed by atoms with E-state index in [1.54, 1.807) is 16.7 Å². The molecule has 6 heteroatoms. The molecule has 1 aliphatic carbocycles.